The van der Waals surface area contributed by atoms with E-state index >= 15 is 0 Å². The zero-order chi connectivity index (χ0) is 41.8. The van der Waals surface area contributed by atoms with E-state index in [0.717, 1.165) is 103 Å². The molecule has 0 amide bonds. The summed E-state index contributed by atoms with van der Waals surface area (Å²) in [5, 5.41) is 0. The van der Waals surface area contributed by atoms with Gasteiger partial charge in [0.1, 0.15) is 6.61 Å². The van der Waals surface area contributed by atoms with Gasteiger partial charge in [0, 0.05) is 19.4 Å². The molecule has 0 aromatic carbocycles. The molecule has 57 heavy (non-hydrogen) atoms. The van der Waals surface area contributed by atoms with Gasteiger partial charge in [0.2, 0.25) is 0 Å². The van der Waals surface area contributed by atoms with E-state index in [2.05, 4.69) is 111 Å². The van der Waals surface area contributed by atoms with Crippen molar-refractivity contribution in [2.45, 2.75) is 161 Å². The first kappa shape index (κ1) is 53.9. The van der Waals surface area contributed by atoms with Crippen LogP contribution in [0.25, 0.3) is 0 Å². The van der Waals surface area contributed by atoms with Crippen molar-refractivity contribution in [2.75, 3.05) is 26.4 Å². The van der Waals surface area contributed by atoms with Crippen molar-refractivity contribution in [1.82, 2.24) is 0 Å². The molecule has 0 aliphatic rings. The molecule has 0 bridgehead atoms. The molecular formula is C47H78NO8P. The molecular weight excluding hydrogens is 737 g/mol. The van der Waals surface area contributed by atoms with E-state index in [1.54, 1.807) is 0 Å². The minimum atomic E-state index is -4.39. The number of carbonyl (C=O) groups excluding carboxylic acids is 2. The van der Waals surface area contributed by atoms with Crippen molar-refractivity contribution < 1.29 is 37.6 Å². The summed E-state index contributed by atoms with van der Waals surface area (Å²) in [6.45, 7) is 3.50. The van der Waals surface area contributed by atoms with Crippen LogP contribution in [0, 0.1) is 0 Å². The lowest BCUT2D eigenvalue weighted by atomic mass is 10.1. The summed E-state index contributed by atoms with van der Waals surface area (Å²) >= 11 is 0. The first-order valence-electron chi connectivity index (χ1n) is 21.7. The molecule has 3 N–H and O–H groups in total. The second-order valence-electron chi connectivity index (χ2n) is 13.8. The summed E-state index contributed by atoms with van der Waals surface area (Å²) < 4.78 is 32.7. The van der Waals surface area contributed by atoms with Crippen LogP contribution in [0.2, 0.25) is 0 Å². The Kier molecular flexibility index (Phi) is 40.2. The quantitative estimate of drug-likeness (QED) is 0.0269. The van der Waals surface area contributed by atoms with Crippen molar-refractivity contribution in [3.63, 3.8) is 0 Å². The van der Waals surface area contributed by atoms with Crippen LogP contribution in [-0.4, -0.2) is 49.3 Å². The van der Waals surface area contributed by atoms with Gasteiger partial charge in [-0.25, -0.2) is 4.57 Å². The molecule has 0 rings (SSSR count). The number of phosphoric ester groups is 1. The predicted molar refractivity (Wildman–Crippen MR) is 238 cm³/mol. The van der Waals surface area contributed by atoms with Crippen molar-refractivity contribution in [2.24, 2.45) is 5.73 Å². The van der Waals surface area contributed by atoms with Gasteiger partial charge in [-0.15, -0.1) is 0 Å². The van der Waals surface area contributed by atoms with Gasteiger partial charge in [-0.2, -0.15) is 0 Å². The smallest absolute Gasteiger partial charge is 0.462 e. The molecule has 0 saturated heterocycles. The Morgan fingerprint density at radius 1 is 0.544 bits per heavy atom. The normalized spacial score (nSPS) is 14.2. The third-order valence-electron chi connectivity index (χ3n) is 8.45. The standard InChI is InChI=1S/C47H78NO8P/c1-3-5-7-9-11-13-15-16-17-18-19-20-21-22-23-24-25-26-27-28-30-32-34-36-38-40-47(50)56-45(44-55-57(51,52)54-42-41-48)43-53-46(49)39-37-35-33-31-29-14-12-10-8-6-4-2/h5,7,10-13,16-17,19-20,22-23,25-26,28,30,45H,3-4,6,8-9,14-15,18,21,24,27,29,31-44,48H2,1-2H3,(H,51,52)/b7-5-,12-10-,13-11-,17-16-,20-19-,23-22-,26-25-,30-28-. The number of hydrogen-bond donors (Lipinski definition) is 2. The van der Waals surface area contributed by atoms with Crippen LogP contribution in [0.15, 0.2) is 97.2 Å². The molecule has 0 radical (unpaired) electrons. The second kappa shape index (κ2) is 42.5. The maximum absolute atomic E-state index is 12.6. The maximum Gasteiger partial charge on any atom is 0.472 e. The van der Waals surface area contributed by atoms with Gasteiger partial charge < -0.3 is 20.1 Å². The van der Waals surface area contributed by atoms with E-state index in [9.17, 15) is 19.0 Å². The van der Waals surface area contributed by atoms with Gasteiger partial charge in [0.25, 0.3) is 0 Å². The van der Waals surface area contributed by atoms with Crippen LogP contribution in [0.1, 0.15) is 155 Å². The SMILES string of the molecule is CC/C=C\C/C=C\C/C=C\C/C=C\C/C=C\C/C=C\C/C=C\CCCCCC(=O)OC(COC(=O)CCCCCCC/C=C\CCCC)COP(=O)(O)OCCN. The van der Waals surface area contributed by atoms with Crippen LogP contribution in [-0.2, 0) is 32.7 Å². The summed E-state index contributed by atoms with van der Waals surface area (Å²) in [6.07, 6.45) is 54.4. The summed E-state index contributed by atoms with van der Waals surface area (Å²) in [7, 11) is -4.39. The van der Waals surface area contributed by atoms with Crippen molar-refractivity contribution in [1.29, 1.82) is 0 Å². The van der Waals surface area contributed by atoms with Crippen LogP contribution in [0.5, 0.6) is 0 Å². The van der Waals surface area contributed by atoms with E-state index in [0.29, 0.717) is 12.8 Å². The van der Waals surface area contributed by atoms with Crippen LogP contribution in [0.4, 0.5) is 0 Å². The third kappa shape index (κ3) is 42.4. The lowest BCUT2D eigenvalue weighted by Crippen LogP contribution is -2.29. The summed E-state index contributed by atoms with van der Waals surface area (Å²) in [4.78, 5) is 34.8. The third-order valence-corrected chi connectivity index (χ3v) is 9.44. The molecule has 0 heterocycles. The molecule has 0 fully saturated rings. The fourth-order valence-corrected chi connectivity index (χ4v) is 6.01. The molecule has 0 aliphatic heterocycles. The number of esters is 2. The van der Waals surface area contributed by atoms with Crippen molar-refractivity contribution >= 4 is 19.8 Å². The lowest BCUT2D eigenvalue weighted by Gasteiger charge is -2.19. The zero-order valence-corrected chi connectivity index (χ0v) is 36.4. The molecule has 0 aliphatic carbocycles. The van der Waals surface area contributed by atoms with E-state index in [4.69, 9.17) is 24.3 Å². The number of rotatable bonds is 39. The Morgan fingerprint density at radius 2 is 0.965 bits per heavy atom. The lowest BCUT2D eigenvalue weighted by molar-refractivity contribution is -0.161. The minimum Gasteiger partial charge on any atom is -0.462 e. The van der Waals surface area contributed by atoms with Crippen LogP contribution < -0.4 is 5.73 Å². The first-order chi connectivity index (χ1) is 27.8. The Hall–Kier alpha value is -3.07. The Labute approximate surface area is 346 Å². The van der Waals surface area contributed by atoms with Crippen molar-refractivity contribution in [3.8, 4) is 0 Å². The predicted octanol–water partition coefficient (Wildman–Crippen LogP) is 12.6. The highest BCUT2D eigenvalue weighted by atomic mass is 31.2. The number of allylic oxidation sites excluding steroid dienone is 16. The van der Waals surface area contributed by atoms with E-state index in [1.165, 1.54) is 12.8 Å². The summed E-state index contributed by atoms with van der Waals surface area (Å²) in [6, 6.07) is 0. The van der Waals surface area contributed by atoms with E-state index < -0.39 is 32.5 Å². The van der Waals surface area contributed by atoms with Gasteiger partial charge in [-0.05, 0) is 89.9 Å². The molecule has 2 atom stereocenters. The number of hydrogen-bond acceptors (Lipinski definition) is 8. The molecule has 10 heteroatoms. The Balaban J connectivity index is 4.23. The minimum absolute atomic E-state index is 0.0410. The highest BCUT2D eigenvalue weighted by molar-refractivity contribution is 7.47. The largest absolute Gasteiger partial charge is 0.472 e. The van der Waals surface area contributed by atoms with Gasteiger partial charge in [-0.3, -0.25) is 18.6 Å². The highest BCUT2D eigenvalue weighted by Gasteiger charge is 2.25. The Morgan fingerprint density at radius 3 is 1.47 bits per heavy atom. The molecule has 0 saturated carbocycles. The number of ether oxygens (including phenoxy) is 2. The topological polar surface area (TPSA) is 134 Å². The fraction of sp³-hybridized carbons (Fsp3) is 0.617. The molecule has 0 aromatic rings. The highest BCUT2D eigenvalue weighted by Crippen LogP contribution is 2.43. The first-order valence-corrected chi connectivity index (χ1v) is 23.2. The van der Waals surface area contributed by atoms with Gasteiger partial charge in [-0.1, -0.05) is 150 Å². The van der Waals surface area contributed by atoms with Crippen LogP contribution in [0.3, 0.4) is 0 Å². The number of unbranched alkanes of at least 4 members (excludes halogenated alkanes) is 10. The van der Waals surface area contributed by atoms with Gasteiger partial charge in [0.05, 0.1) is 13.2 Å². The fourth-order valence-electron chi connectivity index (χ4n) is 5.24. The molecule has 2 unspecified atom stereocenters. The number of carbonyl (C=O) groups is 2. The van der Waals surface area contributed by atoms with Gasteiger partial charge >= 0.3 is 19.8 Å². The number of nitrogens with two attached hydrogens (primary N) is 1. The van der Waals surface area contributed by atoms with E-state index in [1.807, 2.05) is 0 Å². The second-order valence-corrected chi connectivity index (χ2v) is 15.3. The number of phosphoric acid groups is 1. The average molecular weight is 816 g/mol. The average Bonchev–Trinajstić information content (AvgIpc) is 3.20. The summed E-state index contributed by atoms with van der Waals surface area (Å²) in [5.74, 6) is -0.890. The molecule has 0 spiro atoms. The van der Waals surface area contributed by atoms with Crippen LogP contribution >= 0.6 is 7.82 Å². The molecule has 0 aromatic heterocycles. The van der Waals surface area contributed by atoms with Gasteiger partial charge in [0.15, 0.2) is 6.10 Å². The zero-order valence-electron chi connectivity index (χ0n) is 35.5. The summed E-state index contributed by atoms with van der Waals surface area (Å²) in [5.41, 5.74) is 5.34. The maximum atomic E-state index is 12.6. The molecule has 324 valence electrons. The molecule has 9 nitrogen and oxygen atoms in total. The van der Waals surface area contributed by atoms with E-state index in [-0.39, 0.29) is 32.6 Å². The van der Waals surface area contributed by atoms with Crippen molar-refractivity contribution in [3.05, 3.63) is 97.2 Å². The Bertz CT molecular complexity index is 1250. The monoisotopic (exact) mass is 816 g/mol.